The Kier molecular flexibility index (Phi) is 13.2. The van der Waals surface area contributed by atoms with Crippen LogP contribution < -0.4 is 5.46 Å². The Labute approximate surface area is 311 Å². The lowest BCUT2D eigenvalue weighted by Gasteiger charge is -2.53. The fraction of sp³-hybridized carbons (Fsp3) is 0.825. The van der Waals surface area contributed by atoms with E-state index in [4.69, 9.17) is 14.0 Å². The number of ether oxygens (including phenoxy) is 1. The first-order valence-corrected chi connectivity index (χ1v) is 21.2. The van der Waals surface area contributed by atoms with Crippen molar-refractivity contribution in [3.63, 3.8) is 0 Å². The van der Waals surface area contributed by atoms with Gasteiger partial charge in [-0.1, -0.05) is 68.4 Å². The highest BCUT2D eigenvalue weighted by Gasteiger charge is 2.59. The molecule has 1 heterocycles. The maximum absolute atomic E-state index is 13.1. The second-order valence-corrected chi connectivity index (χ2v) is 19.1. The Morgan fingerprint density at radius 3 is 2.15 bits per heavy atom. The summed E-state index contributed by atoms with van der Waals surface area (Å²) in [5.41, 5.74) is 3.17. The molecule has 52 heavy (non-hydrogen) atoms. The number of carbonyl (C=O) groups is 1. The molecule has 1 aromatic rings. The summed E-state index contributed by atoms with van der Waals surface area (Å²) >= 11 is -1.37. The molecule has 4 aliphatic rings. The number of halogens is 5. The molecular formula is C40H60BF5O5S. The van der Waals surface area contributed by atoms with Gasteiger partial charge in [0.05, 0.1) is 11.2 Å². The van der Waals surface area contributed by atoms with Crippen LogP contribution in [0.3, 0.4) is 0 Å². The third-order valence-electron chi connectivity index (χ3n) is 13.4. The number of benzene rings is 1. The number of hydrogen-bond donors (Lipinski definition) is 0. The van der Waals surface area contributed by atoms with E-state index < -0.39 is 54.4 Å². The van der Waals surface area contributed by atoms with Crippen molar-refractivity contribution in [2.45, 2.75) is 173 Å². The predicted octanol–water partition coefficient (Wildman–Crippen LogP) is 9.85. The zero-order chi connectivity index (χ0) is 38.1. The molecule has 12 heteroatoms. The van der Waals surface area contributed by atoms with Crippen LogP contribution in [-0.4, -0.2) is 58.6 Å². The Balaban J connectivity index is 1.14. The van der Waals surface area contributed by atoms with E-state index >= 15 is 0 Å². The van der Waals surface area contributed by atoms with E-state index in [0.717, 1.165) is 82.5 Å². The van der Waals surface area contributed by atoms with Crippen LogP contribution >= 0.6 is 0 Å². The largest absolute Gasteiger partial charge is 0.616 e. The molecule has 1 aliphatic heterocycles. The molecule has 3 aliphatic carbocycles. The fourth-order valence-electron chi connectivity index (χ4n) is 9.82. The third-order valence-corrected chi connectivity index (χ3v) is 14.9. The van der Waals surface area contributed by atoms with E-state index in [9.17, 15) is 31.3 Å². The smallest absolute Gasteiger partial charge is 0.494 e. The van der Waals surface area contributed by atoms with Crippen molar-refractivity contribution < 1.29 is 45.3 Å². The van der Waals surface area contributed by atoms with Gasteiger partial charge in [-0.05, 0) is 126 Å². The topological polar surface area (TPSA) is 67.8 Å². The van der Waals surface area contributed by atoms with Gasteiger partial charge in [-0.2, -0.15) is 22.0 Å². The van der Waals surface area contributed by atoms with Gasteiger partial charge in [0.2, 0.25) is 0 Å². The SMILES string of the molecule is CC(=O)O[C@H]1CC[C@H]2[C@@H]3[C@H](CCCCCCCCC[S+]([O-])CCCC(F)(F)C(F)(F)F)Cc4cc(B5OC(C)(C)C(C)(C)O5)ccc4[C@H]3CC[C@]12C. The number of unbranched alkanes of at least 4 members (excludes halogenated alkanes) is 6. The van der Waals surface area contributed by atoms with E-state index in [1.165, 1.54) is 18.1 Å². The Morgan fingerprint density at radius 2 is 1.52 bits per heavy atom. The van der Waals surface area contributed by atoms with Crippen molar-refractivity contribution in [2.24, 2.45) is 23.2 Å². The minimum atomic E-state index is -5.55. The van der Waals surface area contributed by atoms with Gasteiger partial charge >= 0.3 is 25.2 Å². The number of rotatable bonds is 16. The van der Waals surface area contributed by atoms with E-state index in [2.05, 4.69) is 52.8 Å². The van der Waals surface area contributed by atoms with Crippen molar-refractivity contribution in [2.75, 3.05) is 11.5 Å². The lowest BCUT2D eigenvalue weighted by atomic mass is 9.51. The monoisotopic (exact) mass is 758 g/mol. The van der Waals surface area contributed by atoms with Crippen LogP contribution in [0.2, 0.25) is 0 Å². The highest BCUT2D eigenvalue weighted by Crippen LogP contribution is 2.63. The van der Waals surface area contributed by atoms with Crippen molar-refractivity contribution in [1.82, 2.24) is 0 Å². The summed E-state index contributed by atoms with van der Waals surface area (Å²) < 4.78 is 94.1. The predicted molar refractivity (Wildman–Crippen MR) is 196 cm³/mol. The molecule has 1 saturated heterocycles. The van der Waals surface area contributed by atoms with Gasteiger partial charge < -0.3 is 18.6 Å². The van der Waals surface area contributed by atoms with Gasteiger partial charge in [0.1, 0.15) is 17.6 Å². The fourth-order valence-corrected chi connectivity index (χ4v) is 11.0. The highest BCUT2D eigenvalue weighted by atomic mass is 32.2. The molecule has 0 bridgehead atoms. The maximum atomic E-state index is 13.1. The van der Waals surface area contributed by atoms with Gasteiger partial charge in [0, 0.05) is 18.8 Å². The lowest BCUT2D eigenvalue weighted by Crippen LogP contribution is -2.48. The Hall–Kier alpha value is -1.37. The standard InChI is InChI=1S/C40H60BF5O5S/c1-27(47)49-34-19-18-33-35-28(15-12-10-8-7-9-11-13-23-52(48)24-14-21-39(42,43)40(44,45)46)25-29-26-30(41-50-36(2,3)37(4,5)51-41)16-17-31(29)32(35)20-22-38(33,34)6/h16-17,26,28,32-35H,7-15,18-25H2,1-6H3/t28-,32-,33+,34+,35-,38+,52?/m1/s1. The molecular weight excluding hydrogens is 698 g/mol. The molecule has 1 aromatic carbocycles. The molecule has 0 radical (unpaired) electrons. The Morgan fingerprint density at radius 1 is 0.904 bits per heavy atom. The molecule has 0 N–H and O–H groups in total. The van der Waals surface area contributed by atoms with Crippen LogP contribution in [0, 0.1) is 23.2 Å². The van der Waals surface area contributed by atoms with Crippen LogP contribution in [0.25, 0.3) is 0 Å². The molecule has 294 valence electrons. The van der Waals surface area contributed by atoms with Crippen LogP contribution in [-0.2, 0) is 36.4 Å². The normalized spacial score (nSPS) is 30.1. The quantitative estimate of drug-likeness (QED) is 0.0552. The summed E-state index contributed by atoms with van der Waals surface area (Å²) in [5, 5.41) is 0. The number of esters is 1. The van der Waals surface area contributed by atoms with Gasteiger partial charge in [0.25, 0.3) is 0 Å². The van der Waals surface area contributed by atoms with Crippen LogP contribution in [0.5, 0.6) is 0 Å². The van der Waals surface area contributed by atoms with E-state index in [1.807, 2.05) is 0 Å². The zero-order valence-corrected chi connectivity index (χ0v) is 32.9. The first-order valence-electron chi connectivity index (χ1n) is 19.7. The molecule has 0 aromatic heterocycles. The number of hydrogen-bond acceptors (Lipinski definition) is 5. The summed E-state index contributed by atoms with van der Waals surface area (Å²) in [6.45, 7) is 12.2. The first-order chi connectivity index (χ1) is 24.3. The molecule has 3 fully saturated rings. The minimum Gasteiger partial charge on any atom is -0.616 e. The lowest BCUT2D eigenvalue weighted by molar-refractivity contribution is -0.284. The molecule has 0 amide bonds. The summed E-state index contributed by atoms with van der Waals surface area (Å²) in [6.07, 6.45) is 6.09. The average molecular weight is 759 g/mol. The average Bonchev–Trinajstić information content (AvgIpc) is 3.48. The van der Waals surface area contributed by atoms with Gasteiger partial charge in [0.15, 0.2) is 0 Å². The molecule has 2 saturated carbocycles. The summed E-state index contributed by atoms with van der Waals surface area (Å²) in [5.74, 6) is -2.59. The maximum Gasteiger partial charge on any atom is 0.494 e. The third kappa shape index (κ3) is 9.18. The summed E-state index contributed by atoms with van der Waals surface area (Å²) in [4.78, 5) is 12.0. The second-order valence-electron chi connectivity index (χ2n) is 17.4. The van der Waals surface area contributed by atoms with Crippen molar-refractivity contribution >= 4 is 29.7 Å². The van der Waals surface area contributed by atoms with E-state index in [1.54, 1.807) is 0 Å². The zero-order valence-electron chi connectivity index (χ0n) is 32.1. The molecule has 0 spiro atoms. The number of fused-ring (bicyclic) bond motifs is 5. The summed E-state index contributed by atoms with van der Waals surface area (Å²) in [7, 11) is -0.392. The molecule has 1 unspecified atom stereocenters. The van der Waals surface area contributed by atoms with Crippen molar-refractivity contribution in [3.8, 4) is 0 Å². The van der Waals surface area contributed by atoms with Gasteiger partial charge in [-0.25, -0.2) is 0 Å². The number of alkyl halides is 5. The molecule has 5 rings (SSSR count). The van der Waals surface area contributed by atoms with Crippen molar-refractivity contribution in [3.05, 3.63) is 29.3 Å². The van der Waals surface area contributed by atoms with E-state index in [0.29, 0.717) is 35.8 Å². The number of carbonyl (C=O) groups excluding carboxylic acids is 1. The molecule has 5 nitrogen and oxygen atoms in total. The van der Waals surface area contributed by atoms with E-state index in [-0.39, 0.29) is 23.2 Å². The highest BCUT2D eigenvalue weighted by molar-refractivity contribution is 7.91. The molecule has 7 atom stereocenters. The first kappa shape index (κ1) is 41.8. The van der Waals surface area contributed by atoms with Crippen LogP contribution in [0.15, 0.2) is 18.2 Å². The summed E-state index contributed by atoms with van der Waals surface area (Å²) in [6, 6.07) is 6.89. The van der Waals surface area contributed by atoms with Gasteiger partial charge in [-0.3, -0.25) is 4.79 Å². The Bertz CT molecular complexity index is 1360. The van der Waals surface area contributed by atoms with Crippen LogP contribution in [0.1, 0.15) is 148 Å². The second kappa shape index (κ2) is 16.4. The van der Waals surface area contributed by atoms with Crippen LogP contribution in [0.4, 0.5) is 22.0 Å². The van der Waals surface area contributed by atoms with Gasteiger partial charge in [-0.15, -0.1) is 0 Å². The van der Waals surface area contributed by atoms with Crippen molar-refractivity contribution in [1.29, 1.82) is 0 Å². The minimum absolute atomic E-state index is 0.00302.